The molecule has 0 aliphatic carbocycles. The lowest BCUT2D eigenvalue weighted by atomic mass is 9.97. The lowest BCUT2D eigenvalue weighted by Crippen LogP contribution is -2.35. The number of carboxylic acids is 3. The third-order valence-electron chi connectivity index (χ3n) is 8.34. The van der Waals surface area contributed by atoms with E-state index < -0.39 is 99.9 Å². The molecule has 2 aromatic heterocycles. The molecular weight excluding hydrogens is 1160 g/mol. The minimum Gasteiger partial charge on any atom is -0.494 e. The SMILES string of the molecule is C#CCOc1cc(-n2nc(C(C)(C)C)oc2=O)c(Cl)cc1Cl.COc1c(Cl)ccc(Cl)c1C(=O)O.CP(=O)(O)CCC(N)C(=O)O.O=C(Nc1nc(OC(F)F)cc(OC(F)F)n1)NS(=O)(=O)c1ccccc1C(=O)O. The van der Waals surface area contributed by atoms with Crippen LogP contribution in [-0.2, 0) is 24.8 Å². The molecule has 2 amide bonds. The van der Waals surface area contributed by atoms with E-state index in [0.717, 1.165) is 16.8 Å². The van der Waals surface area contributed by atoms with Gasteiger partial charge in [-0.2, -0.15) is 32.2 Å². The maximum atomic E-state index is 12.3. The Hall–Kier alpha value is -6.90. The number of alkyl halides is 4. The molecule has 2 atom stereocenters. The number of amides is 2. The highest BCUT2D eigenvalue weighted by atomic mass is 35.5. The zero-order valence-corrected chi connectivity index (χ0v) is 44.2. The van der Waals surface area contributed by atoms with Gasteiger partial charge in [0.15, 0.2) is 13.1 Å². The monoisotopic (exact) mass is 1200 g/mol. The van der Waals surface area contributed by atoms with E-state index in [4.69, 9.17) is 92.7 Å². The van der Waals surface area contributed by atoms with Crippen LogP contribution >= 0.6 is 53.8 Å². The van der Waals surface area contributed by atoms with E-state index >= 15 is 0 Å². The average Bonchev–Trinajstić information content (AvgIpc) is 3.69. The number of halogens is 8. The first-order valence-corrected chi connectivity index (χ1v) is 25.5. The van der Waals surface area contributed by atoms with Crippen LogP contribution in [0.25, 0.3) is 5.69 Å². The van der Waals surface area contributed by atoms with Crippen molar-refractivity contribution in [1.82, 2.24) is 24.5 Å². The number of ether oxygens (including phenoxy) is 4. The van der Waals surface area contributed by atoms with Gasteiger partial charge in [-0.1, -0.05) is 85.2 Å². The van der Waals surface area contributed by atoms with Crippen LogP contribution in [0.15, 0.2) is 68.7 Å². The molecule has 34 heteroatoms. The molecule has 0 spiro atoms. The summed E-state index contributed by atoms with van der Waals surface area (Å²) in [6.07, 6.45) is 5.15. The predicted octanol–water partition coefficient (Wildman–Crippen LogP) is 7.72. The smallest absolute Gasteiger partial charge is 0.442 e. The lowest BCUT2D eigenvalue weighted by molar-refractivity contribution is -0.138. The molecule has 24 nitrogen and oxygen atoms in total. The number of aromatic nitrogens is 4. The van der Waals surface area contributed by atoms with Crippen LogP contribution in [0, 0.1) is 12.3 Å². The maximum Gasteiger partial charge on any atom is 0.442 e. The van der Waals surface area contributed by atoms with Crippen molar-refractivity contribution in [2.24, 2.45) is 5.73 Å². The van der Waals surface area contributed by atoms with Gasteiger partial charge in [-0.15, -0.1) is 11.5 Å². The number of nitrogens with one attached hydrogen (secondary N) is 2. The van der Waals surface area contributed by atoms with Crippen molar-refractivity contribution in [3.8, 4) is 41.3 Å². The van der Waals surface area contributed by atoms with E-state index in [1.165, 1.54) is 54.9 Å². The number of methoxy groups -OCH3 is 1. The minimum atomic E-state index is -4.71. The van der Waals surface area contributed by atoms with Crippen molar-refractivity contribution >= 4 is 93.7 Å². The number of rotatable bonds is 17. The van der Waals surface area contributed by atoms with Gasteiger partial charge in [0.2, 0.25) is 23.6 Å². The Labute approximate surface area is 447 Å². The summed E-state index contributed by atoms with van der Waals surface area (Å²) >= 11 is 23.5. The first-order chi connectivity index (χ1) is 35.1. The average molecular weight is 1200 g/mol. The summed E-state index contributed by atoms with van der Waals surface area (Å²) < 4.78 is 110. The molecule has 8 N–H and O–H groups in total. The molecule has 2 unspecified atom stereocenters. The molecular formula is C42H42Cl4F4N7O17PS. The predicted molar refractivity (Wildman–Crippen MR) is 264 cm³/mol. The third-order valence-corrected chi connectivity index (χ3v) is 12.0. The van der Waals surface area contributed by atoms with Crippen LogP contribution in [0.2, 0.25) is 20.1 Å². The number of nitrogens with two attached hydrogens (primary N) is 1. The molecule has 76 heavy (non-hydrogen) atoms. The molecule has 0 saturated heterocycles. The standard InChI is InChI=1S/C15H14Cl2N2O3.C14H10F4N4O7S.C8H6Cl2O3.C5H12NO4P/c1-5-6-21-12-8-11(9(16)7-10(12)17)19-14(20)22-13(18-19)15(2,3)4;15-11(16)28-8-5-9(29-12(17)18)20-13(19-8)21-14(25)22-30(26,27)7-4-2-1-3-6(7)10(23)24;1-13-7-5(10)3-2-4(9)6(7)8(11)12;1-11(9,10)3-2-4(6)5(7)8/h1,7-8H,6H2,2-4H3;1-5,11-12H,(H,23,24)(H2,19,20,21,22,25);2-3H,1H3,(H,11,12);4H,2-3,6H2,1H3,(H,7,8)(H,9,10). The van der Waals surface area contributed by atoms with Gasteiger partial charge >= 0.3 is 42.9 Å². The molecule has 0 aliphatic rings. The van der Waals surface area contributed by atoms with Gasteiger partial charge in [0.05, 0.1) is 44.5 Å². The summed E-state index contributed by atoms with van der Waals surface area (Å²) in [5.41, 5.74) is 4.23. The van der Waals surface area contributed by atoms with Crippen molar-refractivity contribution in [2.45, 2.75) is 56.8 Å². The molecule has 0 aliphatic heterocycles. The number of aromatic carboxylic acids is 2. The van der Waals surface area contributed by atoms with E-state index in [-0.39, 0.29) is 50.6 Å². The minimum absolute atomic E-state index is 0.0412. The maximum absolute atomic E-state index is 12.3. The number of hydrogen-bond acceptors (Lipinski definition) is 17. The highest BCUT2D eigenvalue weighted by molar-refractivity contribution is 7.90. The van der Waals surface area contributed by atoms with E-state index in [2.05, 4.69) is 30.5 Å². The van der Waals surface area contributed by atoms with Crippen LogP contribution in [0.3, 0.4) is 0 Å². The first kappa shape index (κ1) is 65.2. The van der Waals surface area contributed by atoms with Gasteiger partial charge in [-0.3, -0.25) is 14.7 Å². The van der Waals surface area contributed by atoms with Gasteiger partial charge in [0, 0.05) is 24.3 Å². The molecule has 0 bridgehead atoms. The van der Waals surface area contributed by atoms with Gasteiger partial charge in [0.25, 0.3) is 10.0 Å². The number of terminal acetylenes is 1. The molecule has 2 heterocycles. The summed E-state index contributed by atoms with van der Waals surface area (Å²) in [4.78, 5) is 70.5. The highest BCUT2D eigenvalue weighted by Crippen LogP contribution is 2.36. The van der Waals surface area contributed by atoms with Crippen LogP contribution in [0.5, 0.6) is 23.3 Å². The molecule has 414 valence electrons. The van der Waals surface area contributed by atoms with Crippen molar-refractivity contribution < 1.29 is 93.3 Å². The van der Waals surface area contributed by atoms with E-state index in [1.54, 1.807) is 5.32 Å². The Morgan fingerprint density at radius 2 is 1.47 bits per heavy atom. The quantitative estimate of drug-likeness (QED) is 0.0266. The van der Waals surface area contributed by atoms with Gasteiger partial charge in [-0.25, -0.2) is 32.3 Å². The molecule has 5 rings (SSSR count). The van der Waals surface area contributed by atoms with Crippen LogP contribution in [0.4, 0.5) is 28.3 Å². The van der Waals surface area contributed by atoms with Crippen LogP contribution in [-0.4, -0.2) is 118 Å². The van der Waals surface area contributed by atoms with Crippen LogP contribution in [0.1, 0.15) is 53.8 Å². The summed E-state index contributed by atoms with van der Waals surface area (Å²) in [6, 6.07) is 8.05. The fourth-order valence-electron chi connectivity index (χ4n) is 5.02. The Morgan fingerprint density at radius 3 is 1.93 bits per heavy atom. The van der Waals surface area contributed by atoms with E-state index in [0.29, 0.717) is 23.4 Å². The summed E-state index contributed by atoms with van der Waals surface area (Å²) in [7, 11) is -6.48. The van der Waals surface area contributed by atoms with Gasteiger partial charge in [-0.05, 0) is 36.8 Å². The molecule has 0 fully saturated rings. The zero-order valence-electron chi connectivity index (χ0n) is 39.5. The van der Waals surface area contributed by atoms with Crippen molar-refractivity contribution in [1.29, 1.82) is 0 Å². The molecule has 0 saturated carbocycles. The third kappa shape index (κ3) is 21.0. The van der Waals surface area contributed by atoms with Crippen molar-refractivity contribution in [3.05, 3.63) is 102 Å². The summed E-state index contributed by atoms with van der Waals surface area (Å²) in [5, 5.41) is 32.8. The number of sulfonamides is 1. The summed E-state index contributed by atoms with van der Waals surface area (Å²) in [6.45, 7) is 0.0561. The number of aliphatic carboxylic acids is 1. The fourth-order valence-corrected chi connectivity index (χ4v) is 7.87. The number of carboxylic acid groups (broad SMARTS) is 3. The topological polar surface area (TPSA) is 361 Å². The molecule has 3 aromatic carbocycles. The Balaban J connectivity index is 0.000000375. The van der Waals surface area contributed by atoms with Gasteiger partial charge < -0.3 is 49.3 Å². The Morgan fingerprint density at radius 1 is 0.908 bits per heavy atom. The first-order valence-electron chi connectivity index (χ1n) is 20.3. The zero-order chi connectivity index (χ0) is 58.0. The highest BCUT2D eigenvalue weighted by Gasteiger charge is 2.27. The van der Waals surface area contributed by atoms with Gasteiger partial charge in [0.1, 0.15) is 28.9 Å². The normalized spacial score (nSPS) is 12.1. The van der Waals surface area contributed by atoms with E-state index in [1.807, 2.05) is 20.8 Å². The lowest BCUT2D eigenvalue weighted by Gasteiger charge is -2.11. The number of hydrogen-bond donors (Lipinski definition) is 7. The molecule has 0 radical (unpaired) electrons. The largest absolute Gasteiger partial charge is 0.494 e. The van der Waals surface area contributed by atoms with E-state index in [9.17, 15) is 54.5 Å². The van der Waals surface area contributed by atoms with Crippen molar-refractivity contribution in [2.75, 3.05) is 31.9 Å². The fraction of sp³-hybridized carbons (Fsp3) is 0.286. The number of carbonyl (C=O) groups is 4. The second-order valence-corrected chi connectivity index (χ2v) is 21.1. The summed E-state index contributed by atoms with van der Waals surface area (Å²) in [5.74, 6) is -4.37. The molecule has 5 aromatic rings. The number of nitrogens with zero attached hydrogens (tertiary/aromatic N) is 4. The van der Waals surface area contributed by atoms with Crippen LogP contribution < -0.4 is 40.5 Å². The number of carbonyl (C=O) groups excluding carboxylic acids is 1. The second kappa shape index (κ2) is 28.8. The number of urea groups is 1. The Kier molecular flexibility index (Phi) is 24.8. The Bertz CT molecular complexity index is 3130. The van der Waals surface area contributed by atoms with Crippen molar-refractivity contribution in [3.63, 3.8) is 0 Å². The number of anilines is 1. The number of benzene rings is 3. The second-order valence-electron chi connectivity index (χ2n) is 15.3.